The second kappa shape index (κ2) is 8.24. The van der Waals surface area contributed by atoms with Gasteiger partial charge in [-0.1, -0.05) is 12.8 Å². The second-order valence-electron chi connectivity index (χ2n) is 5.15. The second-order valence-corrected chi connectivity index (χ2v) is 5.15. The Kier molecular flexibility index (Phi) is 6.65. The van der Waals surface area contributed by atoms with Crippen molar-refractivity contribution in [1.82, 2.24) is 4.98 Å². The molecule has 0 aliphatic carbocycles. The monoisotopic (exact) mass is 293 g/mol. The number of aromatic nitrogens is 1. The first-order valence-electron chi connectivity index (χ1n) is 7.15. The standard InChI is InChI=1S/C15H23N3O3/c1-10-9-11(2)18-15(13(10)14(16)21)17-8-6-4-3-5-7-12(19)20/h9H,3-8H2,1-2H3,(H2,16,21)(H,17,18)(H,19,20). The molecule has 1 heterocycles. The minimum absolute atomic E-state index is 0.220. The quantitative estimate of drug-likeness (QED) is 0.605. The van der Waals surface area contributed by atoms with Crippen LogP contribution in [-0.2, 0) is 4.79 Å². The molecule has 21 heavy (non-hydrogen) atoms. The summed E-state index contributed by atoms with van der Waals surface area (Å²) in [7, 11) is 0. The van der Waals surface area contributed by atoms with Crippen molar-refractivity contribution >= 4 is 17.7 Å². The SMILES string of the molecule is Cc1cc(C)c(C(N)=O)c(NCCCCCCC(=O)O)n1. The highest BCUT2D eigenvalue weighted by atomic mass is 16.4. The number of unbranched alkanes of at least 4 members (excludes halogenated alkanes) is 3. The van der Waals surface area contributed by atoms with Gasteiger partial charge in [-0.15, -0.1) is 0 Å². The van der Waals surface area contributed by atoms with Crippen molar-refractivity contribution in [2.75, 3.05) is 11.9 Å². The first kappa shape index (κ1) is 16.9. The fourth-order valence-electron chi connectivity index (χ4n) is 2.24. The van der Waals surface area contributed by atoms with Gasteiger partial charge in [0.15, 0.2) is 0 Å². The average Bonchev–Trinajstić information content (AvgIpc) is 2.35. The molecule has 0 saturated carbocycles. The Morgan fingerprint density at radius 3 is 2.52 bits per heavy atom. The summed E-state index contributed by atoms with van der Waals surface area (Å²) >= 11 is 0. The van der Waals surface area contributed by atoms with E-state index >= 15 is 0 Å². The Balaban J connectivity index is 2.45. The Morgan fingerprint density at radius 2 is 1.90 bits per heavy atom. The van der Waals surface area contributed by atoms with Gasteiger partial charge in [0, 0.05) is 18.7 Å². The molecule has 0 radical (unpaired) electrons. The van der Waals surface area contributed by atoms with Crippen LogP contribution in [0.25, 0.3) is 0 Å². The number of anilines is 1. The normalized spacial score (nSPS) is 10.4. The van der Waals surface area contributed by atoms with Gasteiger partial charge < -0.3 is 16.2 Å². The summed E-state index contributed by atoms with van der Waals surface area (Å²) < 4.78 is 0. The molecule has 4 N–H and O–H groups in total. The summed E-state index contributed by atoms with van der Waals surface area (Å²) in [5.74, 6) is -0.701. The summed E-state index contributed by atoms with van der Waals surface area (Å²) in [6.07, 6.45) is 3.64. The van der Waals surface area contributed by atoms with Crippen molar-refractivity contribution in [2.45, 2.75) is 46.0 Å². The van der Waals surface area contributed by atoms with Gasteiger partial charge in [-0.3, -0.25) is 9.59 Å². The largest absolute Gasteiger partial charge is 0.481 e. The van der Waals surface area contributed by atoms with Crippen LogP contribution >= 0.6 is 0 Å². The predicted octanol–water partition coefficient (Wildman–Crippen LogP) is 2.24. The van der Waals surface area contributed by atoms with Crippen molar-refractivity contribution in [1.29, 1.82) is 0 Å². The number of hydrogen-bond donors (Lipinski definition) is 3. The van der Waals surface area contributed by atoms with Crippen LogP contribution < -0.4 is 11.1 Å². The maximum Gasteiger partial charge on any atom is 0.303 e. The van der Waals surface area contributed by atoms with E-state index in [4.69, 9.17) is 10.8 Å². The number of amides is 1. The lowest BCUT2D eigenvalue weighted by Gasteiger charge is -2.12. The van der Waals surface area contributed by atoms with Crippen molar-refractivity contribution in [3.63, 3.8) is 0 Å². The molecular weight excluding hydrogens is 270 g/mol. The zero-order chi connectivity index (χ0) is 15.8. The average molecular weight is 293 g/mol. The number of hydrogen-bond acceptors (Lipinski definition) is 4. The molecule has 0 unspecified atom stereocenters. The van der Waals surface area contributed by atoms with Crippen LogP contribution in [0.15, 0.2) is 6.07 Å². The maximum absolute atomic E-state index is 11.5. The number of primary amides is 1. The third-order valence-corrected chi connectivity index (χ3v) is 3.20. The molecule has 1 rings (SSSR count). The van der Waals surface area contributed by atoms with Crippen LogP contribution in [0, 0.1) is 13.8 Å². The van der Waals surface area contributed by atoms with Gasteiger partial charge in [0.05, 0.1) is 5.56 Å². The summed E-state index contributed by atoms with van der Waals surface area (Å²) in [6, 6.07) is 1.83. The fraction of sp³-hybridized carbons (Fsp3) is 0.533. The number of nitrogens with one attached hydrogen (secondary N) is 1. The fourth-order valence-corrected chi connectivity index (χ4v) is 2.24. The number of pyridine rings is 1. The van der Waals surface area contributed by atoms with Crippen LogP contribution in [-0.4, -0.2) is 28.5 Å². The van der Waals surface area contributed by atoms with Crippen molar-refractivity contribution < 1.29 is 14.7 Å². The molecule has 116 valence electrons. The third kappa shape index (κ3) is 5.81. The molecule has 0 atom stereocenters. The molecule has 1 amide bonds. The van der Waals surface area contributed by atoms with Crippen molar-refractivity contribution in [3.05, 3.63) is 22.9 Å². The van der Waals surface area contributed by atoms with Gasteiger partial charge in [0.25, 0.3) is 5.91 Å². The lowest BCUT2D eigenvalue weighted by atomic mass is 10.1. The van der Waals surface area contributed by atoms with E-state index in [9.17, 15) is 9.59 Å². The number of carbonyl (C=O) groups is 2. The number of carboxylic acids is 1. The first-order valence-corrected chi connectivity index (χ1v) is 7.15. The van der Waals surface area contributed by atoms with Gasteiger partial charge in [-0.25, -0.2) is 4.98 Å². The van der Waals surface area contributed by atoms with Crippen molar-refractivity contribution in [2.24, 2.45) is 5.73 Å². The molecule has 6 heteroatoms. The van der Waals surface area contributed by atoms with E-state index in [1.165, 1.54) is 0 Å². The van der Waals surface area contributed by atoms with Gasteiger partial charge >= 0.3 is 5.97 Å². The predicted molar refractivity (Wildman–Crippen MR) is 81.4 cm³/mol. The zero-order valence-corrected chi connectivity index (χ0v) is 12.6. The Labute approximate surface area is 124 Å². The van der Waals surface area contributed by atoms with E-state index in [0.29, 0.717) is 24.3 Å². The number of carbonyl (C=O) groups excluding carboxylic acids is 1. The molecule has 1 aromatic rings. The number of aryl methyl sites for hydroxylation is 2. The summed E-state index contributed by atoms with van der Waals surface area (Å²) in [5, 5.41) is 11.7. The van der Waals surface area contributed by atoms with Gasteiger partial charge in [0.2, 0.25) is 0 Å². The summed E-state index contributed by atoms with van der Waals surface area (Å²) in [5.41, 5.74) is 7.48. The number of nitrogens with zero attached hydrogens (tertiary/aromatic N) is 1. The lowest BCUT2D eigenvalue weighted by Crippen LogP contribution is -2.18. The van der Waals surface area contributed by atoms with E-state index in [1.54, 1.807) is 0 Å². The van der Waals surface area contributed by atoms with E-state index < -0.39 is 11.9 Å². The first-order chi connectivity index (χ1) is 9.91. The van der Waals surface area contributed by atoms with Crippen molar-refractivity contribution in [3.8, 4) is 0 Å². The van der Waals surface area contributed by atoms with Crippen LogP contribution in [0.5, 0.6) is 0 Å². The van der Waals surface area contributed by atoms with Gasteiger partial charge in [-0.2, -0.15) is 0 Å². The highest BCUT2D eigenvalue weighted by Gasteiger charge is 2.13. The van der Waals surface area contributed by atoms with E-state index in [-0.39, 0.29) is 6.42 Å². The van der Waals surface area contributed by atoms with Gasteiger partial charge in [0.1, 0.15) is 5.82 Å². The topological polar surface area (TPSA) is 105 Å². The molecule has 0 saturated heterocycles. The minimum atomic E-state index is -0.751. The molecule has 6 nitrogen and oxygen atoms in total. The van der Waals surface area contributed by atoms with E-state index in [0.717, 1.165) is 30.5 Å². The van der Waals surface area contributed by atoms with E-state index in [1.807, 2.05) is 19.9 Å². The minimum Gasteiger partial charge on any atom is -0.481 e. The molecule has 0 aliphatic heterocycles. The van der Waals surface area contributed by atoms with Crippen LogP contribution in [0.3, 0.4) is 0 Å². The third-order valence-electron chi connectivity index (χ3n) is 3.20. The number of carboxylic acid groups (broad SMARTS) is 1. The lowest BCUT2D eigenvalue weighted by molar-refractivity contribution is -0.137. The Morgan fingerprint density at radius 1 is 1.24 bits per heavy atom. The van der Waals surface area contributed by atoms with Crippen LogP contribution in [0.4, 0.5) is 5.82 Å². The van der Waals surface area contributed by atoms with E-state index in [2.05, 4.69) is 10.3 Å². The molecule has 0 aromatic carbocycles. The maximum atomic E-state index is 11.5. The highest BCUT2D eigenvalue weighted by Crippen LogP contribution is 2.18. The van der Waals surface area contributed by atoms with Crippen LogP contribution in [0.1, 0.15) is 53.7 Å². The molecule has 0 spiro atoms. The molecule has 0 bridgehead atoms. The molecule has 0 aliphatic rings. The van der Waals surface area contributed by atoms with Gasteiger partial charge in [-0.05, 0) is 38.3 Å². The Bertz CT molecular complexity index is 515. The highest BCUT2D eigenvalue weighted by molar-refractivity contribution is 5.99. The zero-order valence-electron chi connectivity index (χ0n) is 12.6. The summed E-state index contributed by atoms with van der Waals surface area (Å²) in [4.78, 5) is 26.2. The number of rotatable bonds is 9. The Hall–Kier alpha value is -2.11. The smallest absolute Gasteiger partial charge is 0.303 e. The molecule has 0 fully saturated rings. The number of aliphatic carboxylic acids is 1. The molecule has 1 aromatic heterocycles. The number of nitrogens with two attached hydrogens (primary N) is 1. The summed E-state index contributed by atoms with van der Waals surface area (Å²) in [6.45, 7) is 4.39. The molecular formula is C15H23N3O3. The van der Waals surface area contributed by atoms with Crippen LogP contribution in [0.2, 0.25) is 0 Å².